The molecule has 3 nitrogen and oxygen atoms in total. The Morgan fingerprint density at radius 2 is 1.56 bits per heavy atom. The highest BCUT2D eigenvalue weighted by molar-refractivity contribution is 7.90. The number of sulfone groups is 1. The van der Waals surface area contributed by atoms with Gasteiger partial charge in [0, 0.05) is 17.4 Å². The van der Waals surface area contributed by atoms with Gasteiger partial charge in [0.25, 0.3) is 0 Å². The van der Waals surface area contributed by atoms with E-state index in [1.165, 1.54) is 30.3 Å². The number of phenols is 1. The molecule has 0 heterocycles. The third-order valence-electron chi connectivity index (χ3n) is 3.75. The van der Waals surface area contributed by atoms with Crippen molar-refractivity contribution in [3.05, 3.63) is 72.3 Å². The van der Waals surface area contributed by atoms with Crippen molar-refractivity contribution in [2.24, 2.45) is 0 Å². The standard InChI is InChI=1S/C19H13F2O3S/c1-25(23,24)14-8-5-12(6-9-14)15-3-2-4-18(22)19(15)13-7-10-16(20)17(21)11-13/h2,4-11,22H,1H3. The second-order valence-electron chi connectivity index (χ2n) is 5.54. The maximum absolute atomic E-state index is 13.6. The molecule has 0 amide bonds. The summed E-state index contributed by atoms with van der Waals surface area (Å²) >= 11 is 0. The van der Waals surface area contributed by atoms with Crippen LogP contribution in [0.1, 0.15) is 0 Å². The fourth-order valence-electron chi connectivity index (χ4n) is 2.53. The van der Waals surface area contributed by atoms with Gasteiger partial charge in [0.1, 0.15) is 5.75 Å². The molecule has 3 aromatic carbocycles. The summed E-state index contributed by atoms with van der Waals surface area (Å²) < 4.78 is 49.9. The number of hydrogen-bond acceptors (Lipinski definition) is 3. The van der Waals surface area contributed by atoms with Crippen LogP contribution in [0.15, 0.2) is 59.5 Å². The molecule has 0 aromatic heterocycles. The lowest BCUT2D eigenvalue weighted by atomic mass is 9.93. The molecule has 127 valence electrons. The van der Waals surface area contributed by atoms with Gasteiger partial charge in [-0.1, -0.05) is 24.3 Å². The van der Waals surface area contributed by atoms with Crippen molar-refractivity contribution in [3.63, 3.8) is 0 Å². The minimum Gasteiger partial charge on any atom is -0.507 e. The van der Waals surface area contributed by atoms with Crippen LogP contribution in [0.5, 0.6) is 5.75 Å². The Morgan fingerprint density at radius 3 is 2.16 bits per heavy atom. The predicted molar refractivity (Wildman–Crippen MR) is 90.8 cm³/mol. The van der Waals surface area contributed by atoms with Crippen LogP contribution in [0, 0.1) is 17.7 Å². The first-order chi connectivity index (χ1) is 11.8. The van der Waals surface area contributed by atoms with Crippen LogP contribution in [0.3, 0.4) is 0 Å². The zero-order valence-corrected chi connectivity index (χ0v) is 13.9. The van der Waals surface area contributed by atoms with Crippen molar-refractivity contribution >= 4 is 9.84 Å². The van der Waals surface area contributed by atoms with E-state index in [2.05, 4.69) is 6.07 Å². The van der Waals surface area contributed by atoms with E-state index in [0.717, 1.165) is 18.4 Å². The molecule has 3 aromatic rings. The molecule has 0 saturated carbocycles. The summed E-state index contributed by atoms with van der Waals surface area (Å²) in [6, 6.07) is 15.2. The van der Waals surface area contributed by atoms with Crippen LogP contribution in [0.25, 0.3) is 22.3 Å². The lowest BCUT2D eigenvalue weighted by Gasteiger charge is -2.12. The zero-order chi connectivity index (χ0) is 18.2. The third kappa shape index (κ3) is 3.39. The van der Waals surface area contributed by atoms with E-state index in [1.807, 2.05) is 0 Å². The van der Waals surface area contributed by atoms with E-state index in [1.54, 1.807) is 12.1 Å². The fourth-order valence-corrected chi connectivity index (χ4v) is 3.16. The summed E-state index contributed by atoms with van der Waals surface area (Å²) in [5.74, 6) is -2.13. The monoisotopic (exact) mass is 359 g/mol. The number of benzene rings is 3. The molecule has 25 heavy (non-hydrogen) atoms. The average molecular weight is 359 g/mol. The Balaban J connectivity index is 2.18. The van der Waals surface area contributed by atoms with Gasteiger partial charge in [-0.2, -0.15) is 0 Å². The highest BCUT2D eigenvalue weighted by Crippen LogP contribution is 2.38. The fraction of sp³-hybridized carbons (Fsp3) is 0.0526. The summed E-state index contributed by atoms with van der Waals surface area (Å²) in [5, 5.41) is 10.2. The molecular formula is C19H13F2O3S. The molecule has 0 saturated heterocycles. The lowest BCUT2D eigenvalue weighted by Crippen LogP contribution is -1.96. The van der Waals surface area contributed by atoms with E-state index in [4.69, 9.17) is 0 Å². The van der Waals surface area contributed by atoms with Gasteiger partial charge >= 0.3 is 0 Å². The van der Waals surface area contributed by atoms with Crippen molar-refractivity contribution < 1.29 is 22.3 Å². The normalized spacial score (nSPS) is 11.5. The van der Waals surface area contributed by atoms with Crippen molar-refractivity contribution in [1.29, 1.82) is 0 Å². The second-order valence-corrected chi connectivity index (χ2v) is 7.55. The van der Waals surface area contributed by atoms with E-state index < -0.39 is 21.5 Å². The molecule has 0 aliphatic heterocycles. The van der Waals surface area contributed by atoms with Crippen molar-refractivity contribution in [2.75, 3.05) is 6.26 Å². The van der Waals surface area contributed by atoms with Crippen LogP contribution >= 0.6 is 0 Å². The first kappa shape index (κ1) is 17.1. The van der Waals surface area contributed by atoms with Crippen LogP contribution in [-0.2, 0) is 9.84 Å². The van der Waals surface area contributed by atoms with Gasteiger partial charge < -0.3 is 5.11 Å². The van der Waals surface area contributed by atoms with Gasteiger partial charge in [0.15, 0.2) is 21.5 Å². The molecule has 0 aliphatic carbocycles. The average Bonchev–Trinajstić information content (AvgIpc) is 2.57. The molecule has 1 N–H and O–H groups in total. The maximum atomic E-state index is 13.6. The highest BCUT2D eigenvalue weighted by atomic mass is 32.2. The van der Waals surface area contributed by atoms with Crippen molar-refractivity contribution in [3.8, 4) is 28.0 Å². The lowest BCUT2D eigenvalue weighted by molar-refractivity contribution is 0.477. The van der Waals surface area contributed by atoms with Crippen LogP contribution in [0.4, 0.5) is 8.78 Å². The topological polar surface area (TPSA) is 54.4 Å². The van der Waals surface area contributed by atoms with Crippen LogP contribution in [-0.4, -0.2) is 19.8 Å². The maximum Gasteiger partial charge on any atom is 0.175 e. The van der Waals surface area contributed by atoms with E-state index >= 15 is 0 Å². The van der Waals surface area contributed by atoms with E-state index in [9.17, 15) is 22.3 Å². The number of halogens is 2. The van der Waals surface area contributed by atoms with Gasteiger partial charge in [-0.25, -0.2) is 17.2 Å². The molecule has 0 aliphatic rings. The third-order valence-corrected chi connectivity index (χ3v) is 4.88. The Kier molecular flexibility index (Phi) is 4.30. The van der Waals surface area contributed by atoms with Gasteiger partial charge in [0.05, 0.1) is 4.90 Å². The van der Waals surface area contributed by atoms with Crippen molar-refractivity contribution in [1.82, 2.24) is 0 Å². The van der Waals surface area contributed by atoms with Gasteiger partial charge in [-0.05, 0) is 47.5 Å². The molecule has 0 unspecified atom stereocenters. The molecule has 0 fully saturated rings. The summed E-state index contributed by atoms with van der Waals surface area (Å²) in [5.41, 5.74) is 1.61. The molecular weight excluding hydrogens is 346 g/mol. The molecule has 6 heteroatoms. The van der Waals surface area contributed by atoms with Crippen LogP contribution < -0.4 is 0 Å². The molecule has 0 atom stereocenters. The molecule has 0 bridgehead atoms. The van der Waals surface area contributed by atoms with Crippen molar-refractivity contribution in [2.45, 2.75) is 4.90 Å². The predicted octanol–water partition coefficient (Wildman–Crippen LogP) is 4.21. The largest absolute Gasteiger partial charge is 0.507 e. The summed E-state index contributed by atoms with van der Waals surface area (Å²) in [7, 11) is -3.33. The number of rotatable bonds is 3. The Labute approximate surface area is 144 Å². The van der Waals surface area contributed by atoms with E-state index in [0.29, 0.717) is 11.1 Å². The van der Waals surface area contributed by atoms with E-state index in [-0.39, 0.29) is 21.8 Å². The summed E-state index contributed by atoms with van der Waals surface area (Å²) in [4.78, 5) is 0.158. The number of phenolic OH excluding ortho intramolecular Hbond substituents is 1. The minimum absolute atomic E-state index is 0.119. The first-order valence-corrected chi connectivity index (χ1v) is 9.16. The second kappa shape index (κ2) is 6.29. The first-order valence-electron chi connectivity index (χ1n) is 7.27. The van der Waals surface area contributed by atoms with Gasteiger partial charge in [-0.15, -0.1) is 0 Å². The quantitative estimate of drug-likeness (QED) is 0.762. The molecule has 3 rings (SSSR count). The Bertz CT molecular complexity index is 1040. The van der Waals surface area contributed by atoms with Crippen LogP contribution in [0.2, 0.25) is 0 Å². The molecule has 0 spiro atoms. The Hall–Kier alpha value is -2.73. The summed E-state index contributed by atoms with van der Waals surface area (Å²) in [6.45, 7) is 0. The van der Waals surface area contributed by atoms with Gasteiger partial charge in [-0.3, -0.25) is 0 Å². The minimum atomic E-state index is -3.33. The molecule has 1 radical (unpaired) electrons. The number of hydrogen-bond donors (Lipinski definition) is 1. The SMILES string of the molecule is CS(=O)(=O)c1ccc(-c2[c]ccc(O)c2-c2ccc(F)c(F)c2)cc1. The zero-order valence-electron chi connectivity index (χ0n) is 13.1. The summed E-state index contributed by atoms with van der Waals surface area (Å²) in [6.07, 6.45) is 1.11. The Morgan fingerprint density at radius 1 is 0.920 bits per heavy atom. The van der Waals surface area contributed by atoms with Gasteiger partial charge in [0.2, 0.25) is 0 Å². The smallest absolute Gasteiger partial charge is 0.175 e. The number of aromatic hydroxyl groups is 1. The highest BCUT2D eigenvalue weighted by Gasteiger charge is 2.15.